The Kier molecular flexibility index (Phi) is 3.68. The van der Waals surface area contributed by atoms with E-state index in [-0.39, 0.29) is 12.4 Å². The van der Waals surface area contributed by atoms with E-state index in [2.05, 4.69) is 0 Å². The van der Waals surface area contributed by atoms with Crippen LogP contribution in [0.25, 0.3) is 0 Å². The molecule has 1 aromatic rings. The molecule has 0 saturated heterocycles. The Labute approximate surface area is 92.0 Å². The summed E-state index contributed by atoms with van der Waals surface area (Å²) in [5.74, 6) is -0.470. The number of rotatable bonds is 4. The van der Waals surface area contributed by atoms with Crippen LogP contribution in [0.15, 0.2) is 18.2 Å². The van der Waals surface area contributed by atoms with Crippen LogP contribution < -0.4 is 10.5 Å². The van der Waals surface area contributed by atoms with E-state index in [1.807, 2.05) is 0 Å². The number of ketones is 1. The summed E-state index contributed by atoms with van der Waals surface area (Å²) in [5, 5.41) is 0.437. The van der Waals surface area contributed by atoms with Gasteiger partial charge in [-0.15, -0.1) is 0 Å². The second-order valence-corrected chi connectivity index (χ2v) is 3.39. The minimum absolute atomic E-state index is 0.183. The Morgan fingerprint density at radius 1 is 1.47 bits per heavy atom. The molecule has 0 fully saturated rings. The van der Waals surface area contributed by atoms with Gasteiger partial charge < -0.3 is 10.5 Å². The molecule has 0 saturated carbocycles. The van der Waals surface area contributed by atoms with E-state index in [0.29, 0.717) is 16.3 Å². The fourth-order valence-corrected chi connectivity index (χ4v) is 1.22. The van der Waals surface area contributed by atoms with Gasteiger partial charge in [0.05, 0.1) is 5.56 Å². The highest BCUT2D eigenvalue weighted by molar-refractivity contribution is 6.31. The lowest BCUT2D eigenvalue weighted by Gasteiger charge is -2.08. The van der Waals surface area contributed by atoms with E-state index in [9.17, 15) is 9.59 Å². The van der Waals surface area contributed by atoms with Gasteiger partial charge in [0.25, 0.3) is 5.91 Å². The molecule has 80 valence electrons. The van der Waals surface area contributed by atoms with Crippen molar-refractivity contribution in [1.29, 1.82) is 0 Å². The third kappa shape index (κ3) is 3.25. The van der Waals surface area contributed by atoms with Crippen LogP contribution >= 0.6 is 11.6 Å². The van der Waals surface area contributed by atoms with Crippen molar-refractivity contribution in [2.75, 3.05) is 6.61 Å². The summed E-state index contributed by atoms with van der Waals surface area (Å²) in [6.07, 6.45) is 0. The third-order valence-corrected chi connectivity index (χ3v) is 1.93. The number of carbonyl (C=O) groups excluding carboxylic acids is 2. The maximum absolute atomic E-state index is 11.2. The van der Waals surface area contributed by atoms with Crippen LogP contribution in [0.2, 0.25) is 5.02 Å². The first-order valence-corrected chi connectivity index (χ1v) is 4.60. The van der Waals surface area contributed by atoms with Crippen molar-refractivity contribution in [3.63, 3.8) is 0 Å². The lowest BCUT2D eigenvalue weighted by molar-refractivity contribution is -0.119. The average molecular weight is 228 g/mol. The number of nitrogens with two attached hydrogens (primary N) is 1. The monoisotopic (exact) mass is 227 g/mol. The summed E-state index contributed by atoms with van der Waals surface area (Å²) in [5.41, 5.74) is 5.26. The molecule has 0 heterocycles. The Bertz CT molecular complexity index is 404. The SMILES string of the molecule is CC(=O)c1cc(Cl)ccc1OCC(N)=O. The first-order chi connectivity index (χ1) is 7.00. The quantitative estimate of drug-likeness (QED) is 0.791. The molecule has 0 spiro atoms. The second-order valence-electron chi connectivity index (χ2n) is 2.95. The highest BCUT2D eigenvalue weighted by Gasteiger charge is 2.09. The number of amides is 1. The van der Waals surface area contributed by atoms with Gasteiger partial charge in [0.1, 0.15) is 5.75 Å². The number of carbonyl (C=O) groups is 2. The zero-order chi connectivity index (χ0) is 11.4. The van der Waals surface area contributed by atoms with Gasteiger partial charge in [0.2, 0.25) is 0 Å². The number of Topliss-reactive ketones (excluding diaryl/α,β-unsaturated/α-hetero) is 1. The third-order valence-electron chi connectivity index (χ3n) is 1.69. The number of primary amides is 1. The molecular weight excluding hydrogens is 218 g/mol. The first-order valence-electron chi connectivity index (χ1n) is 4.22. The van der Waals surface area contributed by atoms with Crippen molar-refractivity contribution in [1.82, 2.24) is 0 Å². The number of halogens is 1. The molecule has 0 atom stereocenters. The van der Waals surface area contributed by atoms with Crippen LogP contribution in [0.5, 0.6) is 5.75 Å². The van der Waals surface area contributed by atoms with Crippen molar-refractivity contribution >= 4 is 23.3 Å². The lowest BCUT2D eigenvalue weighted by Crippen LogP contribution is -2.20. The molecule has 1 amide bonds. The van der Waals surface area contributed by atoms with Gasteiger partial charge in [-0.1, -0.05) is 11.6 Å². The minimum Gasteiger partial charge on any atom is -0.483 e. The molecule has 0 aliphatic heterocycles. The molecule has 0 aliphatic rings. The number of benzene rings is 1. The van der Waals surface area contributed by atoms with Crippen LogP contribution in [0, 0.1) is 0 Å². The van der Waals surface area contributed by atoms with Crippen LogP contribution in [-0.4, -0.2) is 18.3 Å². The zero-order valence-electron chi connectivity index (χ0n) is 8.12. The van der Waals surface area contributed by atoms with Crippen molar-refractivity contribution in [3.05, 3.63) is 28.8 Å². The van der Waals surface area contributed by atoms with Crippen LogP contribution in [0.3, 0.4) is 0 Å². The molecule has 15 heavy (non-hydrogen) atoms. The van der Waals surface area contributed by atoms with E-state index >= 15 is 0 Å². The lowest BCUT2D eigenvalue weighted by atomic mass is 10.1. The maximum Gasteiger partial charge on any atom is 0.255 e. The van der Waals surface area contributed by atoms with Crippen molar-refractivity contribution in [3.8, 4) is 5.75 Å². The van der Waals surface area contributed by atoms with Gasteiger partial charge in [0.15, 0.2) is 12.4 Å². The average Bonchev–Trinajstić information content (AvgIpc) is 2.15. The van der Waals surface area contributed by atoms with Crippen LogP contribution in [0.1, 0.15) is 17.3 Å². The van der Waals surface area contributed by atoms with Crippen molar-refractivity contribution in [2.45, 2.75) is 6.92 Å². The minimum atomic E-state index is -0.598. The smallest absolute Gasteiger partial charge is 0.255 e. The van der Waals surface area contributed by atoms with E-state index in [4.69, 9.17) is 22.1 Å². The topological polar surface area (TPSA) is 69.4 Å². The number of hydrogen-bond donors (Lipinski definition) is 1. The summed E-state index contributed by atoms with van der Waals surface area (Å²) < 4.78 is 5.06. The molecule has 0 unspecified atom stereocenters. The molecule has 0 aromatic heterocycles. The fourth-order valence-electron chi connectivity index (χ4n) is 1.05. The molecule has 2 N–H and O–H groups in total. The second kappa shape index (κ2) is 4.79. The van der Waals surface area contributed by atoms with E-state index in [1.54, 1.807) is 6.07 Å². The van der Waals surface area contributed by atoms with Crippen LogP contribution in [-0.2, 0) is 4.79 Å². The summed E-state index contributed by atoms with van der Waals surface area (Å²) in [6.45, 7) is 1.13. The van der Waals surface area contributed by atoms with E-state index in [1.165, 1.54) is 19.1 Å². The van der Waals surface area contributed by atoms with Crippen molar-refractivity contribution < 1.29 is 14.3 Å². The highest BCUT2D eigenvalue weighted by atomic mass is 35.5. The van der Waals surface area contributed by atoms with Crippen LogP contribution in [0.4, 0.5) is 0 Å². The molecule has 0 radical (unpaired) electrons. The summed E-state index contributed by atoms with van der Waals surface area (Å²) in [4.78, 5) is 21.7. The van der Waals surface area contributed by atoms with Gasteiger partial charge in [-0.2, -0.15) is 0 Å². The van der Waals surface area contributed by atoms with E-state index in [0.717, 1.165) is 0 Å². The largest absolute Gasteiger partial charge is 0.483 e. The number of hydrogen-bond acceptors (Lipinski definition) is 3. The normalized spacial score (nSPS) is 9.73. The highest BCUT2D eigenvalue weighted by Crippen LogP contribution is 2.23. The Morgan fingerprint density at radius 3 is 2.67 bits per heavy atom. The van der Waals surface area contributed by atoms with E-state index < -0.39 is 5.91 Å². The maximum atomic E-state index is 11.2. The molecule has 1 aromatic carbocycles. The summed E-state index contributed by atoms with van der Waals surface area (Å²) >= 11 is 5.72. The predicted molar refractivity (Wildman–Crippen MR) is 56.1 cm³/mol. The summed E-state index contributed by atoms with van der Waals surface area (Å²) in [6, 6.07) is 4.59. The molecule has 0 bridgehead atoms. The molecular formula is C10H10ClNO3. The molecule has 4 nitrogen and oxygen atoms in total. The first kappa shape index (κ1) is 11.5. The Morgan fingerprint density at radius 2 is 2.13 bits per heavy atom. The van der Waals surface area contributed by atoms with Gasteiger partial charge in [-0.3, -0.25) is 9.59 Å². The molecule has 0 aliphatic carbocycles. The van der Waals surface area contributed by atoms with Crippen molar-refractivity contribution in [2.24, 2.45) is 5.73 Å². The predicted octanol–water partition coefficient (Wildman–Crippen LogP) is 1.41. The van der Waals surface area contributed by atoms with Gasteiger partial charge >= 0.3 is 0 Å². The Hall–Kier alpha value is -1.55. The molecule has 1 rings (SSSR count). The fraction of sp³-hybridized carbons (Fsp3) is 0.200. The summed E-state index contributed by atoms with van der Waals surface area (Å²) in [7, 11) is 0. The number of ether oxygens (including phenoxy) is 1. The van der Waals surface area contributed by atoms with Gasteiger partial charge in [0, 0.05) is 5.02 Å². The Balaban J connectivity index is 2.95. The standard InChI is InChI=1S/C10H10ClNO3/c1-6(13)8-4-7(11)2-3-9(8)15-5-10(12)14/h2-4H,5H2,1H3,(H2,12,14). The molecule has 5 heteroatoms. The van der Waals surface area contributed by atoms with Gasteiger partial charge in [-0.05, 0) is 25.1 Å². The zero-order valence-corrected chi connectivity index (χ0v) is 8.88. The van der Waals surface area contributed by atoms with Gasteiger partial charge in [-0.25, -0.2) is 0 Å².